The van der Waals surface area contributed by atoms with Crippen molar-refractivity contribution in [1.29, 1.82) is 0 Å². The Kier molecular flexibility index (Phi) is 6.39. The summed E-state index contributed by atoms with van der Waals surface area (Å²) in [7, 11) is 0. The van der Waals surface area contributed by atoms with E-state index in [9.17, 15) is 9.59 Å². The summed E-state index contributed by atoms with van der Waals surface area (Å²) in [5, 5.41) is 3.37. The number of esters is 1. The largest absolute Gasteiger partial charge is 0.493 e. The summed E-state index contributed by atoms with van der Waals surface area (Å²) in [6.45, 7) is 12.4. The molecule has 0 aromatic heterocycles. The lowest BCUT2D eigenvalue weighted by Gasteiger charge is -2.39. The number of para-hydroxylation sites is 1. The summed E-state index contributed by atoms with van der Waals surface area (Å²) >= 11 is 0. The molecule has 5 heteroatoms. The fraction of sp³-hybridized carbons (Fsp3) is 0.520. The highest BCUT2D eigenvalue weighted by Crippen LogP contribution is 2.48. The molecule has 0 saturated carbocycles. The lowest BCUT2D eigenvalue weighted by atomic mass is 9.68. The van der Waals surface area contributed by atoms with E-state index in [0.717, 1.165) is 29.8 Å². The maximum absolute atomic E-state index is 13.3. The summed E-state index contributed by atoms with van der Waals surface area (Å²) in [5.41, 5.74) is 3.52. The number of dihydropyridines is 1. The zero-order chi connectivity index (χ0) is 22.1. The normalized spacial score (nSPS) is 20.8. The zero-order valence-electron chi connectivity index (χ0n) is 18.9. The number of hydrogen-bond donors (Lipinski definition) is 1. The minimum atomic E-state index is -0.496. The van der Waals surface area contributed by atoms with Crippen molar-refractivity contribution < 1.29 is 19.1 Å². The van der Waals surface area contributed by atoms with Crippen LogP contribution in [-0.4, -0.2) is 24.5 Å². The van der Waals surface area contributed by atoms with E-state index < -0.39 is 11.9 Å². The molecule has 0 spiro atoms. The second kappa shape index (κ2) is 8.66. The second-order valence-corrected chi connectivity index (χ2v) is 9.27. The molecular formula is C25H33NO4. The number of nitrogens with one attached hydrogen (secondary N) is 1. The van der Waals surface area contributed by atoms with Crippen molar-refractivity contribution in [2.24, 2.45) is 5.41 Å². The van der Waals surface area contributed by atoms with Crippen LogP contribution in [0.3, 0.4) is 0 Å². The molecule has 1 aromatic rings. The van der Waals surface area contributed by atoms with Gasteiger partial charge < -0.3 is 14.8 Å². The Labute approximate surface area is 179 Å². The van der Waals surface area contributed by atoms with Gasteiger partial charge in [-0.1, -0.05) is 39.0 Å². The van der Waals surface area contributed by atoms with Crippen LogP contribution in [0.5, 0.6) is 5.75 Å². The Morgan fingerprint density at radius 1 is 1.23 bits per heavy atom. The van der Waals surface area contributed by atoms with Gasteiger partial charge in [-0.25, -0.2) is 4.79 Å². The number of rotatable bonds is 6. The molecule has 1 N–H and O–H groups in total. The highest BCUT2D eigenvalue weighted by molar-refractivity contribution is 6.04. The molecule has 1 atom stereocenters. The van der Waals surface area contributed by atoms with Crippen LogP contribution in [0.15, 0.2) is 46.8 Å². The van der Waals surface area contributed by atoms with Gasteiger partial charge in [0, 0.05) is 29.0 Å². The quantitative estimate of drug-likeness (QED) is 0.665. The predicted octanol–water partition coefficient (Wildman–Crippen LogP) is 5.03. The molecule has 1 heterocycles. The van der Waals surface area contributed by atoms with Crippen molar-refractivity contribution in [1.82, 2.24) is 5.32 Å². The van der Waals surface area contributed by atoms with Gasteiger partial charge in [-0.3, -0.25) is 4.79 Å². The number of benzene rings is 1. The molecule has 30 heavy (non-hydrogen) atoms. The van der Waals surface area contributed by atoms with Gasteiger partial charge in [-0.2, -0.15) is 0 Å². The molecule has 1 aliphatic carbocycles. The fourth-order valence-electron chi connectivity index (χ4n) is 4.36. The summed E-state index contributed by atoms with van der Waals surface area (Å²) in [6, 6.07) is 7.70. The smallest absolute Gasteiger partial charge is 0.337 e. The first kappa shape index (κ1) is 22.1. The van der Waals surface area contributed by atoms with E-state index >= 15 is 0 Å². The van der Waals surface area contributed by atoms with E-state index in [1.807, 2.05) is 45.0 Å². The molecular weight excluding hydrogens is 378 g/mol. The van der Waals surface area contributed by atoms with Crippen LogP contribution in [-0.2, 0) is 14.3 Å². The molecule has 0 unspecified atom stereocenters. The number of carbonyl (C=O) groups excluding carboxylic acids is 2. The van der Waals surface area contributed by atoms with Crippen molar-refractivity contribution >= 4 is 11.8 Å². The lowest BCUT2D eigenvalue weighted by molar-refractivity contribution is -0.143. The third-order valence-electron chi connectivity index (χ3n) is 5.49. The number of carbonyl (C=O) groups is 2. The van der Waals surface area contributed by atoms with Gasteiger partial charge in [0.1, 0.15) is 5.75 Å². The molecule has 1 aliphatic heterocycles. The van der Waals surface area contributed by atoms with E-state index in [-0.39, 0.29) is 17.3 Å². The average Bonchev–Trinajstić information content (AvgIpc) is 2.63. The highest BCUT2D eigenvalue weighted by atomic mass is 16.5. The van der Waals surface area contributed by atoms with Gasteiger partial charge in [-0.05, 0) is 45.1 Å². The first-order valence-corrected chi connectivity index (χ1v) is 10.8. The van der Waals surface area contributed by atoms with Crippen LogP contribution < -0.4 is 10.1 Å². The lowest BCUT2D eigenvalue weighted by Crippen LogP contribution is -2.39. The third-order valence-corrected chi connectivity index (χ3v) is 5.49. The summed E-state index contributed by atoms with van der Waals surface area (Å²) in [5.74, 6) is -0.108. The SMILES string of the molecule is CCCOc1ccccc1[C@H]1C(C(=O)OC(C)C)=C(C)NC2=C1C(=O)CC(C)(C)C2. The van der Waals surface area contributed by atoms with Crippen molar-refractivity contribution in [3.05, 3.63) is 52.4 Å². The van der Waals surface area contributed by atoms with Crippen molar-refractivity contribution in [2.45, 2.75) is 72.8 Å². The van der Waals surface area contributed by atoms with Gasteiger partial charge in [0.25, 0.3) is 0 Å². The Morgan fingerprint density at radius 2 is 1.93 bits per heavy atom. The van der Waals surface area contributed by atoms with Gasteiger partial charge in [0.05, 0.1) is 24.2 Å². The number of Topliss-reactive ketones (excluding diaryl/α,β-unsaturated/α-hetero) is 1. The van der Waals surface area contributed by atoms with Crippen molar-refractivity contribution in [3.63, 3.8) is 0 Å². The van der Waals surface area contributed by atoms with Crippen LogP contribution >= 0.6 is 0 Å². The molecule has 1 aromatic carbocycles. The van der Waals surface area contributed by atoms with E-state index in [1.165, 1.54) is 0 Å². The predicted molar refractivity (Wildman–Crippen MR) is 117 cm³/mol. The molecule has 0 radical (unpaired) electrons. The van der Waals surface area contributed by atoms with Gasteiger partial charge in [0.15, 0.2) is 5.78 Å². The Morgan fingerprint density at radius 3 is 2.60 bits per heavy atom. The van der Waals surface area contributed by atoms with Crippen molar-refractivity contribution in [2.75, 3.05) is 6.61 Å². The molecule has 162 valence electrons. The van der Waals surface area contributed by atoms with Crippen LogP contribution in [0.25, 0.3) is 0 Å². The van der Waals surface area contributed by atoms with Crippen molar-refractivity contribution in [3.8, 4) is 5.75 Å². The third kappa shape index (κ3) is 4.45. The Bertz CT molecular complexity index is 907. The maximum Gasteiger partial charge on any atom is 0.337 e. The van der Waals surface area contributed by atoms with Gasteiger partial charge in [0.2, 0.25) is 0 Å². The van der Waals surface area contributed by atoms with Gasteiger partial charge in [-0.15, -0.1) is 0 Å². The standard InChI is InChI=1S/C25H33NO4/c1-7-12-29-20-11-9-8-10-17(20)22-21(24(28)30-15(2)3)16(4)26-18-13-25(5,6)14-19(27)23(18)22/h8-11,15,22,26H,7,12-14H2,1-6H3/t22-/m0/s1. The van der Waals surface area contributed by atoms with Crippen LogP contribution in [0.1, 0.15) is 72.3 Å². The number of allylic oxidation sites excluding steroid dienone is 3. The van der Waals surface area contributed by atoms with Gasteiger partial charge >= 0.3 is 5.97 Å². The van der Waals surface area contributed by atoms with E-state index in [2.05, 4.69) is 26.1 Å². The second-order valence-electron chi connectivity index (χ2n) is 9.27. The molecule has 5 nitrogen and oxygen atoms in total. The Hall–Kier alpha value is -2.56. The van der Waals surface area contributed by atoms with Crippen LogP contribution in [0.2, 0.25) is 0 Å². The van der Waals surface area contributed by atoms with E-state index in [0.29, 0.717) is 29.9 Å². The average molecular weight is 412 g/mol. The first-order chi connectivity index (χ1) is 14.1. The molecule has 3 rings (SSSR count). The molecule has 0 saturated heterocycles. The topological polar surface area (TPSA) is 64.6 Å². The number of ketones is 1. The molecule has 2 aliphatic rings. The summed E-state index contributed by atoms with van der Waals surface area (Å²) in [4.78, 5) is 26.5. The highest BCUT2D eigenvalue weighted by Gasteiger charge is 2.44. The monoisotopic (exact) mass is 411 g/mol. The molecule has 0 amide bonds. The molecule has 0 bridgehead atoms. The minimum Gasteiger partial charge on any atom is -0.493 e. The Balaban J connectivity index is 2.18. The fourth-order valence-corrected chi connectivity index (χ4v) is 4.36. The maximum atomic E-state index is 13.3. The summed E-state index contributed by atoms with van der Waals surface area (Å²) < 4.78 is 11.6. The van der Waals surface area contributed by atoms with E-state index in [4.69, 9.17) is 9.47 Å². The first-order valence-electron chi connectivity index (χ1n) is 10.8. The van der Waals surface area contributed by atoms with Crippen LogP contribution in [0, 0.1) is 5.41 Å². The van der Waals surface area contributed by atoms with Crippen LogP contribution in [0.4, 0.5) is 0 Å². The summed E-state index contributed by atoms with van der Waals surface area (Å²) in [6.07, 6.45) is 1.83. The zero-order valence-corrected chi connectivity index (χ0v) is 18.9. The number of ether oxygens (including phenoxy) is 2. The molecule has 0 fully saturated rings. The van der Waals surface area contributed by atoms with E-state index in [1.54, 1.807) is 0 Å². The minimum absolute atomic E-state index is 0.0754. The number of hydrogen-bond acceptors (Lipinski definition) is 5.